The average molecular weight is 391 g/mol. The van der Waals surface area contributed by atoms with Gasteiger partial charge in [-0.2, -0.15) is 5.26 Å². The van der Waals surface area contributed by atoms with Crippen LogP contribution in [0, 0.1) is 11.3 Å². The van der Waals surface area contributed by atoms with E-state index in [0.29, 0.717) is 5.56 Å². The Bertz CT molecular complexity index is 1450. The Kier molecular flexibility index (Phi) is 3.69. The molecule has 3 aromatic carbocycles. The maximum Gasteiger partial charge on any atom is 0.0991 e. The van der Waals surface area contributed by atoms with Crippen LogP contribution in [0.3, 0.4) is 0 Å². The van der Waals surface area contributed by atoms with Crippen molar-refractivity contribution in [1.82, 2.24) is 4.98 Å². The number of fused-ring (bicyclic) bond motifs is 5. The Morgan fingerprint density at radius 3 is 2.31 bits per heavy atom. The lowest BCUT2D eigenvalue weighted by Gasteiger charge is -2.15. The molecule has 138 valence electrons. The SMILES string of the molecule is N#Cc1ccc(-c2nccc3cc4sc5cc6c(cc5c4cc23)CCCC6)cc1. The fourth-order valence-corrected chi connectivity index (χ4v) is 5.79. The highest BCUT2D eigenvalue weighted by molar-refractivity contribution is 7.25. The van der Waals surface area contributed by atoms with Crippen molar-refractivity contribution in [1.29, 1.82) is 5.26 Å². The Morgan fingerprint density at radius 1 is 0.793 bits per heavy atom. The van der Waals surface area contributed by atoms with Crippen molar-refractivity contribution in [3.63, 3.8) is 0 Å². The van der Waals surface area contributed by atoms with Gasteiger partial charge in [-0.3, -0.25) is 4.98 Å². The predicted molar refractivity (Wildman–Crippen MR) is 121 cm³/mol. The highest BCUT2D eigenvalue weighted by Crippen LogP contribution is 2.40. The summed E-state index contributed by atoms with van der Waals surface area (Å²) < 4.78 is 2.73. The molecule has 0 N–H and O–H groups in total. The van der Waals surface area contributed by atoms with Crippen molar-refractivity contribution >= 4 is 42.3 Å². The number of aryl methyl sites for hydroxylation is 2. The van der Waals surface area contributed by atoms with E-state index in [1.54, 1.807) is 5.56 Å². The van der Waals surface area contributed by atoms with Gasteiger partial charge in [-0.25, -0.2) is 0 Å². The maximum atomic E-state index is 9.09. The van der Waals surface area contributed by atoms with Gasteiger partial charge in [0, 0.05) is 37.3 Å². The molecule has 1 aliphatic rings. The van der Waals surface area contributed by atoms with Crippen molar-refractivity contribution < 1.29 is 0 Å². The van der Waals surface area contributed by atoms with Crippen molar-refractivity contribution in [3.05, 3.63) is 77.5 Å². The first kappa shape index (κ1) is 16.7. The summed E-state index contributed by atoms with van der Waals surface area (Å²) in [6.07, 6.45) is 6.92. The second-order valence-corrected chi connectivity index (χ2v) is 8.93. The lowest BCUT2D eigenvalue weighted by Crippen LogP contribution is -2.01. The minimum absolute atomic E-state index is 0.671. The Morgan fingerprint density at radius 2 is 1.52 bits per heavy atom. The van der Waals surface area contributed by atoms with Crippen LogP contribution in [0.25, 0.3) is 42.2 Å². The molecule has 0 saturated carbocycles. The molecular formula is C26H18N2S. The summed E-state index contributed by atoms with van der Waals surface area (Å²) in [5.41, 5.74) is 5.77. The molecule has 0 unspecified atom stereocenters. The van der Waals surface area contributed by atoms with Crippen molar-refractivity contribution in [2.24, 2.45) is 0 Å². The van der Waals surface area contributed by atoms with Gasteiger partial charge in [0.2, 0.25) is 0 Å². The van der Waals surface area contributed by atoms with E-state index in [2.05, 4.69) is 36.4 Å². The Labute approximate surface area is 173 Å². The van der Waals surface area contributed by atoms with Crippen molar-refractivity contribution in [2.45, 2.75) is 25.7 Å². The molecule has 3 heteroatoms. The normalized spacial score (nSPS) is 13.6. The van der Waals surface area contributed by atoms with Crippen LogP contribution in [-0.2, 0) is 12.8 Å². The molecule has 2 aromatic heterocycles. The number of rotatable bonds is 1. The van der Waals surface area contributed by atoms with Gasteiger partial charge in [0.1, 0.15) is 0 Å². The molecule has 5 aromatic rings. The third kappa shape index (κ3) is 2.64. The molecule has 6 rings (SSSR count). The van der Waals surface area contributed by atoms with E-state index in [1.807, 2.05) is 41.8 Å². The largest absolute Gasteiger partial charge is 0.256 e. The fraction of sp³-hybridized carbons (Fsp3) is 0.154. The van der Waals surface area contributed by atoms with Crippen LogP contribution in [0.2, 0.25) is 0 Å². The Balaban J connectivity index is 1.63. The number of hydrogen-bond donors (Lipinski definition) is 0. The van der Waals surface area contributed by atoms with Crippen LogP contribution in [0.5, 0.6) is 0 Å². The molecule has 2 nitrogen and oxygen atoms in total. The van der Waals surface area contributed by atoms with Crippen molar-refractivity contribution in [2.75, 3.05) is 0 Å². The second kappa shape index (κ2) is 6.40. The minimum atomic E-state index is 0.671. The quantitative estimate of drug-likeness (QED) is 0.308. The summed E-state index contributed by atoms with van der Waals surface area (Å²) in [6, 6.07) is 21.5. The van der Waals surface area contributed by atoms with E-state index < -0.39 is 0 Å². The van der Waals surface area contributed by atoms with E-state index >= 15 is 0 Å². The minimum Gasteiger partial charge on any atom is -0.256 e. The number of nitriles is 1. The molecule has 0 aliphatic heterocycles. The topological polar surface area (TPSA) is 36.7 Å². The van der Waals surface area contributed by atoms with E-state index in [0.717, 1.165) is 11.3 Å². The zero-order valence-electron chi connectivity index (χ0n) is 15.9. The monoisotopic (exact) mass is 390 g/mol. The predicted octanol–water partition coefficient (Wildman–Crippen LogP) is 7.02. The summed E-state index contributed by atoms with van der Waals surface area (Å²) >= 11 is 1.90. The molecule has 1 aliphatic carbocycles. The van der Waals surface area contributed by atoms with E-state index in [9.17, 15) is 0 Å². The summed E-state index contributed by atoms with van der Waals surface area (Å²) in [7, 11) is 0. The van der Waals surface area contributed by atoms with Gasteiger partial charge in [0.25, 0.3) is 0 Å². The van der Waals surface area contributed by atoms with E-state index in [-0.39, 0.29) is 0 Å². The lowest BCUT2D eigenvalue weighted by molar-refractivity contribution is 0.687. The third-order valence-electron chi connectivity index (χ3n) is 6.11. The van der Waals surface area contributed by atoms with Crippen LogP contribution < -0.4 is 0 Å². The van der Waals surface area contributed by atoms with E-state index in [4.69, 9.17) is 10.2 Å². The third-order valence-corrected chi connectivity index (χ3v) is 7.22. The first-order valence-corrected chi connectivity index (χ1v) is 10.9. The molecule has 0 spiro atoms. The fourth-order valence-electron chi connectivity index (χ4n) is 4.60. The smallest absolute Gasteiger partial charge is 0.0991 e. The van der Waals surface area contributed by atoms with Gasteiger partial charge >= 0.3 is 0 Å². The molecule has 0 fully saturated rings. The average Bonchev–Trinajstić information content (AvgIpc) is 3.12. The van der Waals surface area contributed by atoms with Crippen molar-refractivity contribution in [3.8, 4) is 17.3 Å². The van der Waals surface area contributed by atoms with Gasteiger partial charge in [0.15, 0.2) is 0 Å². The van der Waals surface area contributed by atoms with Crippen LogP contribution >= 0.6 is 11.3 Å². The van der Waals surface area contributed by atoms with Gasteiger partial charge in [-0.05, 0) is 84.7 Å². The number of pyridine rings is 1. The summed E-state index contributed by atoms with van der Waals surface area (Å²) in [5.74, 6) is 0. The number of aromatic nitrogens is 1. The van der Waals surface area contributed by atoms with Gasteiger partial charge in [-0.15, -0.1) is 11.3 Å². The maximum absolute atomic E-state index is 9.09. The molecule has 2 heterocycles. The van der Waals surface area contributed by atoms with Crippen LogP contribution in [0.1, 0.15) is 29.5 Å². The van der Waals surface area contributed by atoms with E-state index in [1.165, 1.54) is 62.2 Å². The standard InChI is InChI=1S/C26H18N2S/c27-15-16-5-7-17(8-6-16)26-21-14-23-22-11-18-3-1-2-4-19(18)12-24(22)29-25(23)13-20(21)9-10-28-26/h5-14H,1-4H2. The molecule has 0 atom stereocenters. The molecule has 0 amide bonds. The summed E-state index contributed by atoms with van der Waals surface area (Å²) in [6.45, 7) is 0. The second-order valence-electron chi connectivity index (χ2n) is 7.84. The number of thiophene rings is 1. The summed E-state index contributed by atoms with van der Waals surface area (Å²) in [5, 5.41) is 14.2. The molecule has 0 saturated heterocycles. The Hall–Kier alpha value is -3.22. The van der Waals surface area contributed by atoms with Gasteiger partial charge in [-0.1, -0.05) is 12.1 Å². The van der Waals surface area contributed by atoms with Gasteiger partial charge in [0.05, 0.1) is 17.3 Å². The highest BCUT2D eigenvalue weighted by Gasteiger charge is 2.15. The van der Waals surface area contributed by atoms with Crippen LogP contribution in [0.15, 0.2) is 60.8 Å². The number of nitrogens with zero attached hydrogens (tertiary/aromatic N) is 2. The molecule has 0 radical (unpaired) electrons. The first-order chi connectivity index (χ1) is 14.3. The molecular weight excluding hydrogens is 372 g/mol. The zero-order chi connectivity index (χ0) is 19.4. The van der Waals surface area contributed by atoms with Gasteiger partial charge < -0.3 is 0 Å². The lowest BCUT2D eigenvalue weighted by atomic mass is 9.90. The van der Waals surface area contributed by atoms with Crippen LogP contribution in [0.4, 0.5) is 0 Å². The number of hydrogen-bond acceptors (Lipinski definition) is 3. The molecule has 0 bridgehead atoms. The molecule has 29 heavy (non-hydrogen) atoms. The first-order valence-electron chi connectivity index (χ1n) is 10.1. The highest BCUT2D eigenvalue weighted by atomic mass is 32.1. The number of benzene rings is 3. The summed E-state index contributed by atoms with van der Waals surface area (Å²) in [4.78, 5) is 4.69. The van der Waals surface area contributed by atoms with Crippen LogP contribution in [-0.4, -0.2) is 4.98 Å². The zero-order valence-corrected chi connectivity index (χ0v) is 16.7.